The number of nitrogens with one attached hydrogen (secondary N) is 1. The Bertz CT molecular complexity index is 1000. The number of benzene rings is 1. The fraction of sp³-hybridized carbons (Fsp3) is 0.150. The fourth-order valence-corrected chi connectivity index (χ4v) is 2.79. The number of carboxylic acid groups (broad SMARTS) is 1. The summed E-state index contributed by atoms with van der Waals surface area (Å²) in [5.41, 5.74) is 4.13. The summed E-state index contributed by atoms with van der Waals surface area (Å²) in [6, 6.07) is 14.2. The van der Waals surface area contributed by atoms with Crippen molar-refractivity contribution in [3.05, 3.63) is 75.6 Å². The Balaban J connectivity index is 2.19. The molecule has 0 bridgehead atoms. The summed E-state index contributed by atoms with van der Waals surface area (Å²) in [6.45, 7) is 3.79. The molecule has 5 heteroatoms. The molecule has 0 atom stereocenters. The van der Waals surface area contributed by atoms with Crippen molar-refractivity contribution in [1.82, 2.24) is 4.98 Å². The molecule has 1 aromatic carbocycles. The SMILES string of the molecule is CCC(=Nc1cc(C(=O)O)ccc1C)c1c2cccccc-2[nH]c1=O. The minimum absolute atomic E-state index is 0.174. The molecule has 0 saturated heterocycles. The van der Waals surface area contributed by atoms with Crippen LogP contribution in [0.3, 0.4) is 0 Å². The quantitative estimate of drug-likeness (QED) is 0.707. The van der Waals surface area contributed by atoms with Crippen molar-refractivity contribution in [1.29, 1.82) is 0 Å². The maximum atomic E-state index is 12.5. The molecule has 5 nitrogen and oxygen atoms in total. The van der Waals surface area contributed by atoms with Crippen LogP contribution < -0.4 is 5.56 Å². The number of H-pyrrole nitrogens is 1. The number of aromatic carboxylic acids is 1. The Hall–Kier alpha value is -3.21. The first kappa shape index (κ1) is 16.6. The predicted molar refractivity (Wildman–Crippen MR) is 98.3 cm³/mol. The second-order valence-electron chi connectivity index (χ2n) is 5.79. The monoisotopic (exact) mass is 334 g/mol. The van der Waals surface area contributed by atoms with Crippen molar-refractivity contribution in [2.24, 2.45) is 4.99 Å². The van der Waals surface area contributed by atoms with Crippen LogP contribution in [0.2, 0.25) is 0 Å². The van der Waals surface area contributed by atoms with Crippen LogP contribution in [0.1, 0.15) is 34.8 Å². The second-order valence-corrected chi connectivity index (χ2v) is 5.79. The average molecular weight is 334 g/mol. The number of aliphatic imine (C=N–C) groups is 1. The van der Waals surface area contributed by atoms with Crippen molar-refractivity contribution in [2.75, 3.05) is 0 Å². The number of hydrogen-bond acceptors (Lipinski definition) is 3. The third-order valence-corrected chi connectivity index (χ3v) is 4.12. The molecule has 0 amide bonds. The third-order valence-electron chi connectivity index (χ3n) is 4.12. The smallest absolute Gasteiger partial charge is 0.335 e. The summed E-state index contributed by atoms with van der Waals surface area (Å²) in [4.78, 5) is 31.2. The Labute approximate surface area is 145 Å². The van der Waals surface area contributed by atoms with E-state index in [-0.39, 0.29) is 11.1 Å². The summed E-state index contributed by atoms with van der Waals surface area (Å²) < 4.78 is 0. The number of aromatic nitrogens is 1. The Morgan fingerprint density at radius 3 is 2.64 bits per heavy atom. The van der Waals surface area contributed by atoms with Gasteiger partial charge in [0.2, 0.25) is 0 Å². The minimum Gasteiger partial charge on any atom is -0.478 e. The van der Waals surface area contributed by atoms with Gasteiger partial charge in [-0.2, -0.15) is 0 Å². The molecule has 2 aliphatic rings. The first-order chi connectivity index (χ1) is 12.0. The van der Waals surface area contributed by atoms with E-state index in [1.54, 1.807) is 12.1 Å². The van der Waals surface area contributed by atoms with Gasteiger partial charge in [-0.15, -0.1) is 0 Å². The lowest BCUT2D eigenvalue weighted by atomic mass is 10.0. The van der Waals surface area contributed by atoms with Gasteiger partial charge in [-0.3, -0.25) is 9.79 Å². The summed E-state index contributed by atoms with van der Waals surface area (Å²) in [5.74, 6) is -1.00. The molecule has 0 spiro atoms. The van der Waals surface area contributed by atoms with Crippen LogP contribution in [0, 0.1) is 6.92 Å². The number of nitrogens with zero attached hydrogens (tertiary/aromatic N) is 1. The van der Waals surface area contributed by atoms with E-state index < -0.39 is 5.97 Å². The summed E-state index contributed by atoms with van der Waals surface area (Å²) in [6.07, 6.45) is 0.553. The van der Waals surface area contributed by atoms with Gasteiger partial charge in [-0.1, -0.05) is 37.3 Å². The standard InChI is InChI=1S/C20H18N2O3/c1-3-15(21-17-11-13(20(24)25)10-9-12(17)2)18-14-7-5-4-6-8-16(14)22-19(18)23/h4-11H,3H2,1-2H3,(H,22,23)(H,24,25). The second kappa shape index (κ2) is 6.73. The highest BCUT2D eigenvalue weighted by Gasteiger charge is 2.18. The van der Waals surface area contributed by atoms with Crippen molar-refractivity contribution >= 4 is 17.4 Å². The topological polar surface area (TPSA) is 82.5 Å². The van der Waals surface area contributed by atoms with E-state index in [1.165, 1.54) is 6.07 Å². The van der Waals surface area contributed by atoms with Gasteiger partial charge >= 0.3 is 5.97 Å². The molecule has 1 aliphatic carbocycles. The van der Waals surface area contributed by atoms with Crippen LogP contribution in [0.25, 0.3) is 11.3 Å². The van der Waals surface area contributed by atoms with E-state index in [2.05, 4.69) is 9.98 Å². The number of hydrogen-bond donors (Lipinski definition) is 2. The lowest BCUT2D eigenvalue weighted by molar-refractivity contribution is 0.0697. The highest BCUT2D eigenvalue weighted by atomic mass is 16.4. The maximum absolute atomic E-state index is 12.5. The molecule has 1 aromatic rings. The number of rotatable bonds is 4. The lowest BCUT2D eigenvalue weighted by Gasteiger charge is -2.07. The molecule has 1 aliphatic heterocycles. The normalized spacial score (nSPS) is 11.7. The van der Waals surface area contributed by atoms with Gasteiger partial charge in [0, 0.05) is 11.3 Å². The Morgan fingerprint density at radius 1 is 1.16 bits per heavy atom. The Morgan fingerprint density at radius 2 is 1.92 bits per heavy atom. The van der Waals surface area contributed by atoms with Gasteiger partial charge in [0.25, 0.3) is 5.56 Å². The Kier molecular flexibility index (Phi) is 4.48. The number of aryl methyl sites for hydroxylation is 1. The number of fused-ring (bicyclic) bond motifs is 1. The number of carbonyl (C=O) groups is 1. The van der Waals surface area contributed by atoms with E-state index in [4.69, 9.17) is 0 Å². The van der Waals surface area contributed by atoms with E-state index in [9.17, 15) is 14.7 Å². The lowest BCUT2D eigenvalue weighted by Crippen LogP contribution is -2.12. The van der Waals surface area contributed by atoms with Crippen LogP contribution in [0.4, 0.5) is 5.69 Å². The first-order valence-electron chi connectivity index (χ1n) is 8.04. The van der Waals surface area contributed by atoms with E-state index in [0.717, 1.165) is 16.8 Å². The minimum atomic E-state index is -1.00. The van der Waals surface area contributed by atoms with Crippen LogP contribution in [0.5, 0.6) is 0 Å². The maximum Gasteiger partial charge on any atom is 0.335 e. The first-order valence-corrected chi connectivity index (χ1v) is 8.04. The van der Waals surface area contributed by atoms with Crippen LogP contribution in [0.15, 0.2) is 58.3 Å². The summed E-state index contributed by atoms with van der Waals surface area (Å²) in [5, 5.41) is 9.19. The number of aromatic amines is 1. The molecule has 1 heterocycles. The third kappa shape index (κ3) is 3.21. The molecule has 0 fully saturated rings. The zero-order valence-corrected chi connectivity index (χ0v) is 14.0. The zero-order chi connectivity index (χ0) is 18.0. The molecule has 0 unspecified atom stereocenters. The number of carboxylic acids is 1. The molecule has 0 aromatic heterocycles. The molecule has 0 saturated carbocycles. The fourth-order valence-electron chi connectivity index (χ4n) is 2.79. The van der Waals surface area contributed by atoms with Gasteiger partial charge in [-0.25, -0.2) is 4.79 Å². The summed E-state index contributed by atoms with van der Waals surface area (Å²) in [7, 11) is 0. The van der Waals surface area contributed by atoms with Crippen LogP contribution in [-0.2, 0) is 0 Å². The average Bonchev–Trinajstić information content (AvgIpc) is 2.74. The molecule has 0 radical (unpaired) electrons. The van der Waals surface area contributed by atoms with Gasteiger partial charge in [-0.05, 0) is 37.1 Å². The van der Waals surface area contributed by atoms with E-state index >= 15 is 0 Å². The molecule has 2 N–H and O–H groups in total. The van der Waals surface area contributed by atoms with Crippen molar-refractivity contribution in [2.45, 2.75) is 20.3 Å². The molecule has 25 heavy (non-hydrogen) atoms. The van der Waals surface area contributed by atoms with Gasteiger partial charge in [0.15, 0.2) is 0 Å². The molecular formula is C20H18N2O3. The predicted octanol–water partition coefficient (Wildman–Crippen LogP) is 4.02. The highest BCUT2D eigenvalue weighted by Crippen LogP contribution is 2.26. The van der Waals surface area contributed by atoms with Gasteiger partial charge < -0.3 is 10.1 Å². The van der Waals surface area contributed by atoms with Crippen molar-refractivity contribution < 1.29 is 9.90 Å². The van der Waals surface area contributed by atoms with Crippen LogP contribution in [-0.4, -0.2) is 21.8 Å². The van der Waals surface area contributed by atoms with Crippen LogP contribution >= 0.6 is 0 Å². The largest absolute Gasteiger partial charge is 0.478 e. The highest BCUT2D eigenvalue weighted by molar-refractivity contribution is 6.07. The van der Waals surface area contributed by atoms with E-state index in [1.807, 2.05) is 44.2 Å². The van der Waals surface area contributed by atoms with Gasteiger partial charge in [0.1, 0.15) is 0 Å². The van der Waals surface area contributed by atoms with Crippen molar-refractivity contribution in [3.63, 3.8) is 0 Å². The van der Waals surface area contributed by atoms with Crippen molar-refractivity contribution in [3.8, 4) is 11.3 Å². The molecular weight excluding hydrogens is 316 g/mol. The zero-order valence-electron chi connectivity index (χ0n) is 14.0. The molecule has 3 rings (SSSR count). The summed E-state index contributed by atoms with van der Waals surface area (Å²) >= 11 is 0. The van der Waals surface area contributed by atoms with E-state index in [0.29, 0.717) is 23.4 Å². The van der Waals surface area contributed by atoms with Gasteiger partial charge in [0.05, 0.1) is 22.5 Å². The molecule has 126 valence electrons.